The van der Waals surface area contributed by atoms with Gasteiger partial charge < -0.3 is 0 Å². The third-order valence-corrected chi connectivity index (χ3v) is 6.61. The zero-order valence-corrected chi connectivity index (χ0v) is 17.8. The van der Waals surface area contributed by atoms with Crippen LogP contribution < -0.4 is 5.56 Å². The van der Waals surface area contributed by atoms with Gasteiger partial charge in [-0.15, -0.1) is 11.8 Å². The smallest absolute Gasteiger partial charge is 0.267 e. The molecule has 3 aromatic rings. The van der Waals surface area contributed by atoms with Crippen molar-refractivity contribution in [3.05, 3.63) is 75.4 Å². The van der Waals surface area contributed by atoms with Crippen molar-refractivity contribution < 1.29 is 4.39 Å². The standard InChI is InChI=1S/C23H22ClFN2OS/c1-29-18-10-7-15(8-11-18)19-14-26-27(17-9-12-21(25)20(24)13-17)23(28)22(19)16-5-3-2-4-6-16/h7-14,16H,2-6H2,1H3. The van der Waals surface area contributed by atoms with Crippen molar-refractivity contribution in [1.82, 2.24) is 9.78 Å². The number of rotatable bonds is 4. The average Bonchev–Trinajstić information content (AvgIpc) is 2.76. The minimum Gasteiger partial charge on any atom is -0.267 e. The summed E-state index contributed by atoms with van der Waals surface area (Å²) >= 11 is 7.63. The first-order chi connectivity index (χ1) is 14.1. The molecule has 1 heterocycles. The highest BCUT2D eigenvalue weighted by Gasteiger charge is 2.24. The van der Waals surface area contributed by atoms with E-state index in [-0.39, 0.29) is 16.5 Å². The van der Waals surface area contributed by atoms with Gasteiger partial charge >= 0.3 is 0 Å². The molecule has 3 nitrogen and oxygen atoms in total. The van der Waals surface area contributed by atoms with Crippen molar-refractivity contribution in [3.8, 4) is 16.8 Å². The van der Waals surface area contributed by atoms with E-state index in [0.29, 0.717) is 5.69 Å². The third-order valence-electron chi connectivity index (χ3n) is 5.58. The first kappa shape index (κ1) is 20.2. The predicted octanol–water partition coefficient (Wildman–Crippen LogP) is 6.46. The van der Waals surface area contributed by atoms with E-state index in [1.807, 2.05) is 18.4 Å². The molecule has 2 aromatic carbocycles. The highest BCUT2D eigenvalue weighted by molar-refractivity contribution is 7.98. The van der Waals surface area contributed by atoms with E-state index >= 15 is 0 Å². The molecule has 1 saturated carbocycles. The molecule has 1 aliphatic rings. The van der Waals surface area contributed by atoms with Crippen molar-refractivity contribution >= 4 is 23.4 Å². The molecule has 1 fully saturated rings. The zero-order chi connectivity index (χ0) is 20.4. The summed E-state index contributed by atoms with van der Waals surface area (Å²) < 4.78 is 14.9. The maximum absolute atomic E-state index is 13.6. The molecule has 0 atom stereocenters. The second-order valence-corrected chi connectivity index (χ2v) is 8.64. The van der Waals surface area contributed by atoms with E-state index in [4.69, 9.17) is 11.6 Å². The van der Waals surface area contributed by atoms with Gasteiger partial charge in [-0.1, -0.05) is 43.0 Å². The number of hydrogen-bond donors (Lipinski definition) is 0. The first-order valence-corrected chi connectivity index (χ1v) is 11.4. The van der Waals surface area contributed by atoms with E-state index in [9.17, 15) is 9.18 Å². The van der Waals surface area contributed by atoms with Gasteiger partial charge in [0.2, 0.25) is 0 Å². The highest BCUT2D eigenvalue weighted by atomic mass is 35.5. The van der Waals surface area contributed by atoms with Crippen molar-refractivity contribution in [2.45, 2.75) is 42.9 Å². The van der Waals surface area contributed by atoms with Crippen LogP contribution in [-0.4, -0.2) is 16.0 Å². The van der Waals surface area contributed by atoms with Crippen LogP contribution in [0.4, 0.5) is 4.39 Å². The fraction of sp³-hybridized carbons (Fsp3) is 0.304. The molecule has 1 aliphatic carbocycles. The molecule has 0 saturated heterocycles. The summed E-state index contributed by atoms with van der Waals surface area (Å²) in [4.78, 5) is 14.7. The Morgan fingerprint density at radius 3 is 2.48 bits per heavy atom. The second-order valence-electron chi connectivity index (χ2n) is 7.35. The lowest BCUT2D eigenvalue weighted by Gasteiger charge is -2.24. The Hall–Kier alpha value is -2.11. The summed E-state index contributed by atoms with van der Waals surface area (Å²) in [6.07, 6.45) is 9.26. The molecule has 4 rings (SSSR count). The lowest BCUT2D eigenvalue weighted by molar-refractivity contribution is 0.439. The van der Waals surface area contributed by atoms with Gasteiger partial charge in [0, 0.05) is 16.0 Å². The maximum Gasteiger partial charge on any atom is 0.275 e. The highest BCUT2D eigenvalue weighted by Crippen LogP contribution is 2.36. The number of benzene rings is 2. The van der Waals surface area contributed by atoms with Gasteiger partial charge in [0.1, 0.15) is 5.82 Å². The van der Waals surface area contributed by atoms with Crippen LogP contribution in [0.1, 0.15) is 43.6 Å². The van der Waals surface area contributed by atoms with Crippen LogP contribution in [-0.2, 0) is 0 Å². The lowest BCUT2D eigenvalue weighted by atomic mass is 9.82. The summed E-state index contributed by atoms with van der Waals surface area (Å²) in [6.45, 7) is 0. The molecule has 0 radical (unpaired) electrons. The van der Waals surface area contributed by atoms with Gasteiger partial charge in [0.15, 0.2) is 0 Å². The molecular formula is C23H22ClFN2OS. The van der Waals surface area contributed by atoms with Gasteiger partial charge in [-0.2, -0.15) is 9.78 Å². The molecule has 1 aromatic heterocycles. The summed E-state index contributed by atoms with van der Waals surface area (Å²) in [6, 6.07) is 12.5. The molecular weight excluding hydrogens is 407 g/mol. The Kier molecular flexibility index (Phi) is 6.07. The fourth-order valence-electron chi connectivity index (χ4n) is 4.05. The van der Waals surface area contributed by atoms with Gasteiger partial charge in [-0.3, -0.25) is 4.79 Å². The Morgan fingerprint density at radius 1 is 1.10 bits per heavy atom. The minimum atomic E-state index is -0.513. The number of hydrogen-bond acceptors (Lipinski definition) is 3. The molecule has 0 amide bonds. The normalized spacial score (nSPS) is 14.9. The molecule has 0 spiro atoms. The van der Waals surface area contributed by atoms with Crippen molar-refractivity contribution in [2.24, 2.45) is 0 Å². The summed E-state index contributed by atoms with van der Waals surface area (Å²) in [7, 11) is 0. The van der Waals surface area contributed by atoms with Crippen LogP contribution >= 0.6 is 23.4 Å². The van der Waals surface area contributed by atoms with Crippen LogP contribution in [0.5, 0.6) is 0 Å². The topological polar surface area (TPSA) is 34.9 Å². The van der Waals surface area contributed by atoms with E-state index in [2.05, 4.69) is 17.2 Å². The van der Waals surface area contributed by atoms with Gasteiger partial charge in [-0.25, -0.2) is 4.39 Å². The number of nitrogens with zero attached hydrogens (tertiary/aromatic N) is 2. The lowest BCUT2D eigenvalue weighted by Crippen LogP contribution is -2.28. The molecule has 0 bridgehead atoms. The molecule has 0 N–H and O–H groups in total. The van der Waals surface area contributed by atoms with Crippen LogP contribution in [0.3, 0.4) is 0 Å². The monoisotopic (exact) mass is 428 g/mol. The van der Waals surface area contributed by atoms with Crippen molar-refractivity contribution in [3.63, 3.8) is 0 Å². The van der Waals surface area contributed by atoms with Gasteiger partial charge in [0.25, 0.3) is 5.56 Å². The van der Waals surface area contributed by atoms with Crippen molar-refractivity contribution in [1.29, 1.82) is 0 Å². The quantitative estimate of drug-likeness (QED) is 0.447. The van der Waals surface area contributed by atoms with Gasteiger partial charge in [0.05, 0.1) is 16.9 Å². The Balaban J connectivity index is 1.88. The summed E-state index contributed by atoms with van der Waals surface area (Å²) in [5.41, 5.74) is 3.02. The van der Waals surface area contributed by atoms with E-state index in [0.717, 1.165) is 42.4 Å². The SMILES string of the molecule is CSc1ccc(-c2cnn(-c3ccc(F)c(Cl)c3)c(=O)c2C2CCCCC2)cc1. The molecule has 6 heteroatoms. The number of halogens is 2. The van der Waals surface area contributed by atoms with Crippen LogP contribution in [0.2, 0.25) is 5.02 Å². The molecule has 0 aliphatic heterocycles. The van der Waals surface area contributed by atoms with Crippen molar-refractivity contribution in [2.75, 3.05) is 6.26 Å². The largest absolute Gasteiger partial charge is 0.275 e. The molecule has 150 valence electrons. The molecule has 0 unspecified atom stereocenters. The fourth-order valence-corrected chi connectivity index (χ4v) is 4.64. The Morgan fingerprint density at radius 2 is 1.83 bits per heavy atom. The second kappa shape index (κ2) is 8.72. The van der Waals surface area contributed by atoms with Gasteiger partial charge in [-0.05, 0) is 60.9 Å². The van der Waals surface area contributed by atoms with Crippen LogP contribution in [0.25, 0.3) is 16.8 Å². The predicted molar refractivity (Wildman–Crippen MR) is 118 cm³/mol. The van der Waals surface area contributed by atoms with E-state index < -0.39 is 5.82 Å². The minimum absolute atomic E-state index is 0.0212. The molecule has 29 heavy (non-hydrogen) atoms. The Labute approximate surface area is 178 Å². The van der Waals surface area contributed by atoms with Crippen LogP contribution in [0, 0.1) is 5.82 Å². The number of thioether (sulfide) groups is 1. The third kappa shape index (κ3) is 4.12. The van der Waals surface area contributed by atoms with E-state index in [1.54, 1.807) is 18.0 Å². The van der Waals surface area contributed by atoms with E-state index in [1.165, 1.54) is 34.2 Å². The number of aromatic nitrogens is 2. The zero-order valence-electron chi connectivity index (χ0n) is 16.2. The summed E-state index contributed by atoms with van der Waals surface area (Å²) in [5, 5.41) is 4.39. The average molecular weight is 429 g/mol. The Bertz CT molecular complexity index is 1080. The summed E-state index contributed by atoms with van der Waals surface area (Å²) in [5.74, 6) is -0.307. The first-order valence-electron chi connectivity index (χ1n) is 9.80. The van der Waals surface area contributed by atoms with Crippen LogP contribution in [0.15, 0.2) is 58.4 Å². The maximum atomic E-state index is 13.6.